The maximum atomic E-state index is 13.8. The average Bonchev–Trinajstić information content (AvgIpc) is 2.40. The maximum Gasteiger partial charge on any atom is 0.147 e. The van der Waals surface area contributed by atoms with Crippen molar-refractivity contribution in [2.75, 3.05) is 5.32 Å². The Labute approximate surface area is 120 Å². The van der Waals surface area contributed by atoms with Gasteiger partial charge in [0.15, 0.2) is 0 Å². The van der Waals surface area contributed by atoms with Crippen molar-refractivity contribution in [2.24, 2.45) is 0 Å². The van der Waals surface area contributed by atoms with Crippen molar-refractivity contribution in [3.05, 3.63) is 58.3 Å². The molecule has 0 fully saturated rings. The molecule has 0 aliphatic carbocycles. The first kappa shape index (κ1) is 13.9. The Kier molecular flexibility index (Phi) is 4.43. The van der Waals surface area contributed by atoms with E-state index in [-0.39, 0.29) is 17.6 Å². The summed E-state index contributed by atoms with van der Waals surface area (Å²) in [6.45, 7) is 1.98. The zero-order valence-corrected chi connectivity index (χ0v) is 12.1. The van der Waals surface area contributed by atoms with Gasteiger partial charge < -0.3 is 10.4 Å². The molecule has 0 heterocycles. The molecule has 0 radical (unpaired) electrons. The van der Waals surface area contributed by atoms with Crippen molar-refractivity contribution in [3.63, 3.8) is 0 Å². The molecule has 0 saturated carbocycles. The van der Waals surface area contributed by atoms with E-state index in [1.54, 1.807) is 24.3 Å². The van der Waals surface area contributed by atoms with E-state index in [0.717, 1.165) is 12.0 Å². The van der Waals surface area contributed by atoms with E-state index < -0.39 is 0 Å². The second kappa shape index (κ2) is 6.06. The number of aromatic hydroxyl groups is 1. The molecule has 0 spiro atoms. The first-order chi connectivity index (χ1) is 9.13. The van der Waals surface area contributed by atoms with Gasteiger partial charge in [0.25, 0.3) is 0 Å². The molecule has 2 aromatic rings. The van der Waals surface area contributed by atoms with E-state index >= 15 is 0 Å². The van der Waals surface area contributed by atoms with E-state index in [4.69, 9.17) is 0 Å². The summed E-state index contributed by atoms with van der Waals surface area (Å²) in [5.74, 6) is -0.0995. The summed E-state index contributed by atoms with van der Waals surface area (Å²) in [6.07, 6.45) is 0.734. The molecule has 0 amide bonds. The van der Waals surface area contributed by atoms with E-state index in [1.165, 1.54) is 6.07 Å². The van der Waals surface area contributed by atoms with E-state index in [0.29, 0.717) is 10.2 Å². The number of phenols is 1. The maximum absolute atomic E-state index is 13.8. The number of rotatable bonds is 4. The van der Waals surface area contributed by atoms with Gasteiger partial charge in [0, 0.05) is 10.0 Å². The van der Waals surface area contributed by atoms with Crippen LogP contribution in [0.4, 0.5) is 10.1 Å². The number of hydrogen-bond donors (Lipinski definition) is 2. The van der Waals surface area contributed by atoms with E-state index in [2.05, 4.69) is 21.2 Å². The second-order valence-electron chi connectivity index (χ2n) is 4.26. The Morgan fingerprint density at radius 3 is 2.58 bits per heavy atom. The fraction of sp³-hybridized carbons (Fsp3) is 0.200. The third-order valence-corrected chi connectivity index (χ3v) is 3.66. The number of para-hydroxylation sites is 2. The number of nitrogens with one attached hydrogen (secondary N) is 1. The van der Waals surface area contributed by atoms with Crippen LogP contribution < -0.4 is 5.32 Å². The highest BCUT2D eigenvalue weighted by molar-refractivity contribution is 9.10. The first-order valence-corrected chi connectivity index (χ1v) is 6.91. The van der Waals surface area contributed by atoms with Gasteiger partial charge in [-0.1, -0.05) is 31.2 Å². The van der Waals surface area contributed by atoms with Crippen LogP contribution in [0.5, 0.6) is 5.75 Å². The predicted molar refractivity (Wildman–Crippen MR) is 78.9 cm³/mol. The molecule has 0 saturated heterocycles. The summed E-state index contributed by atoms with van der Waals surface area (Å²) in [5.41, 5.74) is 1.18. The minimum atomic E-state index is -0.316. The molecule has 0 aromatic heterocycles. The minimum absolute atomic E-state index is 0.144. The molecule has 19 heavy (non-hydrogen) atoms. The van der Waals surface area contributed by atoms with Crippen LogP contribution in [-0.4, -0.2) is 5.11 Å². The van der Waals surface area contributed by atoms with Crippen LogP contribution in [0.1, 0.15) is 24.9 Å². The van der Waals surface area contributed by atoms with E-state index in [1.807, 2.05) is 19.1 Å². The molecule has 1 atom stereocenters. The van der Waals surface area contributed by atoms with Gasteiger partial charge in [0.05, 0.1) is 11.7 Å². The summed E-state index contributed by atoms with van der Waals surface area (Å²) in [4.78, 5) is 0. The summed E-state index contributed by atoms with van der Waals surface area (Å²) >= 11 is 3.33. The second-order valence-corrected chi connectivity index (χ2v) is 5.11. The number of anilines is 1. The molecular weight excluding hydrogens is 309 g/mol. The first-order valence-electron chi connectivity index (χ1n) is 6.12. The van der Waals surface area contributed by atoms with Crippen molar-refractivity contribution in [3.8, 4) is 5.75 Å². The van der Waals surface area contributed by atoms with Gasteiger partial charge in [0.2, 0.25) is 0 Å². The van der Waals surface area contributed by atoms with Crippen LogP contribution in [0, 0.1) is 5.82 Å². The fourth-order valence-electron chi connectivity index (χ4n) is 1.99. The summed E-state index contributed by atoms with van der Waals surface area (Å²) < 4.78 is 14.5. The molecule has 2 rings (SSSR count). The molecule has 100 valence electrons. The van der Waals surface area contributed by atoms with Crippen molar-refractivity contribution in [1.29, 1.82) is 0 Å². The number of benzene rings is 2. The van der Waals surface area contributed by atoms with Crippen LogP contribution in [0.2, 0.25) is 0 Å². The fourth-order valence-corrected chi connectivity index (χ4v) is 2.45. The summed E-state index contributed by atoms with van der Waals surface area (Å²) in [6, 6.07) is 11.8. The average molecular weight is 324 g/mol. The lowest BCUT2D eigenvalue weighted by molar-refractivity contribution is 0.462. The molecule has 2 aromatic carbocycles. The zero-order valence-electron chi connectivity index (χ0n) is 10.5. The monoisotopic (exact) mass is 323 g/mol. The predicted octanol–water partition coefficient (Wildman–Crippen LogP) is 4.86. The number of phenolic OH excluding ortho intramolecular Hbond substituents is 1. The molecule has 0 aliphatic rings. The minimum Gasteiger partial charge on any atom is -0.508 e. The normalized spacial score (nSPS) is 12.2. The topological polar surface area (TPSA) is 32.3 Å². The lowest BCUT2D eigenvalue weighted by Gasteiger charge is -2.21. The van der Waals surface area contributed by atoms with Crippen LogP contribution in [-0.2, 0) is 0 Å². The quantitative estimate of drug-likeness (QED) is 0.842. The van der Waals surface area contributed by atoms with Gasteiger partial charge >= 0.3 is 0 Å². The van der Waals surface area contributed by atoms with Crippen LogP contribution in [0.15, 0.2) is 46.9 Å². The van der Waals surface area contributed by atoms with Crippen LogP contribution in [0.3, 0.4) is 0 Å². The molecular formula is C15H15BrFNO. The number of halogens is 2. The van der Waals surface area contributed by atoms with Gasteiger partial charge in [0.1, 0.15) is 11.6 Å². The molecule has 0 aliphatic heterocycles. The SMILES string of the molecule is CCC(Nc1c(F)cccc1Br)c1ccccc1O. The Balaban J connectivity index is 2.32. The molecule has 1 unspecified atom stereocenters. The Hall–Kier alpha value is -1.55. The Bertz CT molecular complexity index is 554. The van der Waals surface area contributed by atoms with Crippen LogP contribution >= 0.6 is 15.9 Å². The lowest BCUT2D eigenvalue weighted by Crippen LogP contribution is -2.11. The summed E-state index contributed by atoms with van der Waals surface area (Å²) in [5, 5.41) is 13.0. The van der Waals surface area contributed by atoms with Crippen molar-refractivity contribution >= 4 is 21.6 Å². The Morgan fingerprint density at radius 2 is 1.95 bits per heavy atom. The highest BCUT2D eigenvalue weighted by atomic mass is 79.9. The van der Waals surface area contributed by atoms with Gasteiger partial charge in [-0.25, -0.2) is 4.39 Å². The molecule has 2 N–H and O–H groups in total. The lowest BCUT2D eigenvalue weighted by atomic mass is 10.0. The van der Waals surface area contributed by atoms with Crippen LogP contribution in [0.25, 0.3) is 0 Å². The molecule has 4 heteroatoms. The highest BCUT2D eigenvalue weighted by Gasteiger charge is 2.16. The van der Waals surface area contributed by atoms with Gasteiger partial charge in [-0.3, -0.25) is 0 Å². The van der Waals surface area contributed by atoms with Crippen molar-refractivity contribution in [2.45, 2.75) is 19.4 Å². The van der Waals surface area contributed by atoms with Gasteiger partial charge in [-0.2, -0.15) is 0 Å². The smallest absolute Gasteiger partial charge is 0.147 e. The van der Waals surface area contributed by atoms with E-state index in [9.17, 15) is 9.50 Å². The van der Waals surface area contributed by atoms with Gasteiger partial charge in [-0.15, -0.1) is 0 Å². The third kappa shape index (κ3) is 3.07. The Morgan fingerprint density at radius 1 is 1.21 bits per heavy atom. The zero-order chi connectivity index (χ0) is 13.8. The van der Waals surface area contributed by atoms with Crippen molar-refractivity contribution < 1.29 is 9.50 Å². The third-order valence-electron chi connectivity index (χ3n) is 3.00. The molecule has 2 nitrogen and oxygen atoms in total. The largest absolute Gasteiger partial charge is 0.508 e. The summed E-state index contributed by atoms with van der Waals surface area (Å²) in [7, 11) is 0. The highest BCUT2D eigenvalue weighted by Crippen LogP contribution is 2.33. The van der Waals surface area contributed by atoms with Crippen molar-refractivity contribution in [1.82, 2.24) is 0 Å². The standard InChI is InChI=1S/C15H15BrFNO/c1-2-13(10-6-3-4-9-14(10)19)18-15-11(16)7-5-8-12(15)17/h3-9,13,18-19H,2H2,1H3. The van der Waals surface area contributed by atoms with Gasteiger partial charge in [-0.05, 0) is 40.5 Å². The number of hydrogen-bond acceptors (Lipinski definition) is 2. The molecule has 0 bridgehead atoms.